The number of hydrogen-bond acceptors (Lipinski definition) is 3. The Hall–Kier alpha value is 0.210. The quantitative estimate of drug-likeness (QED) is 0.622. The minimum atomic E-state index is -2.77. The van der Waals surface area contributed by atoms with Gasteiger partial charge in [-0.05, 0) is 32.6 Å². The van der Waals surface area contributed by atoms with Crippen molar-refractivity contribution >= 4 is 24.6 Å². The van der Waals surface area contributed by atoms with Crippen LogP contribution in [0.5, 0.6) is 0 Å². The van der Waals surface area contributed by atoms with Crippen molar-refractivity contribution < 1.29 is 13.9 Å². The molecule has 1 aliphatic carbocycles. The Morgan fingerprint density at radius 2 is 1.81 bits per heavy atom. The minimum absolute atomic E-state index is 0.0151. The van der Waals surface area contributed by atoms with E-state index in [0.717, 1.165) is 25.7 Å². The van der Waals surface area contributed by atoms with Gasteiger partial charge < -0.3 is 4.52 Å². The molecule has 94 valence electrons. The molecule has 0 aromatic rings. The molecule has 1 atom stereocenters. The van der Waals surface area contributed by atoms with E-state index in [1.807, 2.05) is 13.8 Å². The van der Waals surface area contributed by atoms with Crippen molar-refractivity contribution in [3.05, 3.63) is 0 Å². The average Bonchev–Trinajstić information content (AvgIpc) is 2.17. The van der Waals surface area contributed by atoms with Crippen LogP contribution >= 0.6 is 18.8 Å². The van der Waals surface area contributed by atoms with Gasteiger partial charge in [0.15, 0.2) is 0 Å². The summed E-state index contributed by atoms with van der Waals surface area (Å²) in [6, 6.07) is 0. The van der Waals surface area contributed by atoms with E-state index < -0.39 is 6.57 Å². The number of hydrogen-bond donors (Lipinski definition) is 1. The molecule has 0 bridgehead atoms. The maximum atomic E-state index is 12.0. The number of carbonyl (C=O) groups excluding carboxylic acids is 1. The lowest BCUT2D eigenvalue weighted by Gasteiger charge is -2.29. The highest BCUT2D eigenvalue weighted by molar-refractivity contribution is 8.46. The van der Waals surface area contributed by atoms with Gasteiger partial charge in [0.05, 0.1) is 6.10 Å². The molecule has 0 spiro atoms. The first kappa shape index (κ1) is 14.3. The summed E-state index contributed by atoms with van der Waals surface area (Å²) < 4.78 is 17.5. The van der Waals surface area contributed by atoms with Gasteiger partial charge in [-0.25, -0.2) is 0 Å². The Bertz CT molecular complexity index is 296. The summed E-state index contributed by atoms with van der Waals surface area (Å²) in [6.45, 7) is 2.59. The predicted octanol–water partition coefficient (Wildman–Crippen LogP) is 3.68. The van der Waals surface area contributed by atoms with Crippen LogP contribution in [0.25, 0.3) is 0 Å². The highest BCUT2D eigenvalue weighted by atomic mass is 32.7. The fourth-order valence-electron chi connectivity index (χ4n) is 1.91. The van der Waals surface area contributed by atoms with Gasteiger partial charge in [0.2, 0.25) is 0 Å². The van der Waals surface area contributed by atoms with Gasteiger partial charge in [0.25, 0.3) is 6.57 Å². The summed E-state index contributed by atoms with van der Waals surface area (Å²) in [7, 11) is 0. The van der Waals surface area contributed by atoms with Crippen LogP contribution in [-0.4, -0.2) is 17.5 Å². The number of carbonyl (C=O) groups is 1. The van der Waals surface area contributed by atoms with E-state index in [2.05, 4.69) is 12.2 Å². The van der Waals surface area contributed by atoms with Crippen molar-refractivity contribution in [3.8, 4) is 0 Å². The minimum Gasteiger partial charge on any atom is -0.318 e. The smallest absolute Gasteiger partial charge is 0.257 e. The van der Waals surface area contributed by atoms with Gasteiger partial charge in [-0.15, -0.1) is 0 Å². The van der Waals surface area contributed by atoms with Gasteiger partial charge in [-0.1, -0.05) is 26.1 Å². The standard InChI is InChI=1S/C11H21O3PS/c1-8(2)15(13,16)14-11-6-4-10(5-7-11)9(3)12/h8,10-11H,4-7H2,1-3H3,(H,13,16)/t10-,11+,15?. The molecule has 5 heteroatoms. The molecule has 0 radical (unpaired) electrons. The SMILES string of the molecule is CC(=O)[C@H]1CC[C@@H](OP(=O)(S)C(C)C)CC1. The third-order valence-electron chi connectivity index (χ3n) is 3.20. The zero-order valence-corrected chi connectivity index (χ0v) is 12.0. The summed E-state index contributed by atoms with van der Waals surface area (Å²) in [5, 5.41) is 0. The summed E-state index contributed by atoms with van der Waals surface area (Å²) in [4.78, 5) is 11.2. The molecule has 1 unspecified atom stereocenters. The van der Waals surface area contributed by atoms with Crippen molar-refractivity contribution in [2.75, 3.05) is 0 Å². The van der Waals surface area contributed by atoms with E-state index in [9.17, 15) is 9.36 Å². The molecule has 1 aliphatic rings. The Labute approximate surface area is 103 Å². The molecule has 0 amide bonds. The van der Waals surface area contributed by atoms with E-state index in [4.69, 9.17) is 4.52 Å². The highest BCUT2D eigenvalue weighted by Crippen LogP contribution is 2.58. The topological polar surface area (TPSA) is 43.4 Å². The fraction of sp³-hybridized carbons (Fsp3) is 0.909. The number of rotatable bonds is 4. The molecule has 0 N–H and O–H groups in total. The molecule has 1 rings (SSSR count). The van der Waals surface area contributed by atoms with Crippen LogP contribution in [0.15, 0.2) is 0 Å². The molecule has 0 aromatic carbocycles. The zero-order valence-electron chi connectivity index (χ0n) is 10.2. The lowest BCUT2D eigenvalue weighted by molar-refractivity contribution is -0.122. The van der Waals surface area contributed by atoms with Gasteiger partial charge >= 0.3 is 0 Å². The third-order valence-corrected chi connectivity index (χ3v) is 6.78. The van der Waals surface area contributed by atoms with Crippen molar-refractivity contribution in [3.63, 3.8) is 0 Å². The summed E-state index contributed by atoms with van der Waals surface area (Å²) in [5.41, 5.74) is -0.0543. The van der Waals surface area contributed by atoms with Crippen LogP contribution in [0.2, 0.25) is 0 Å². The zero-order chi connectivity index (χ0) is 12.3. The highest BCUT2D eigenvalue weighted by Gasteiger charge is 2.31. The van der Waals surface area contributed by atoms with Crippen molar-refractivity contribution in [2.24, 2.45) is 5.92 Å². The molecule has 0 aliphatic heterocycles. The van der Waals surface area contributed by atoms with E-state index in [-0.39, 0.29) is 23.5 Å². The first-order chi connectivity index (χ1) is 7.33. The summed E-state index contributed by atoms with van der Waals surface area (Å²) >= 11 is 4.12. The number of thiol groups is 1. The Kier molecular flexibility index (Phi) is 5.09. The monoisotopic (exact) mass is 264 g/mol. The lowest BCUT2D eigenvalue weighted by atomic mass is 9.85. The van der Waals surface area contributed by atoms with Crippen LogP contribution in [0.4, 0.5) is 0 Å². The van der Waals surface area contributed by atoms with Crippen molar-refractivity contribution in [2.45, 2.75) is 58.2 Å². The van der Waals surface area contributed by atoms with Crippen LogP contribution in [0.1, 0.15) is 46.5 Å². The fourth-order valence-corrected chi connectivity index (χ4v) is 3.19. The summed E-state index contributed by atoms with van der Waals surface area (Å²) in [6.07, 6.45) is 3.36. The van der Waals surface area contributed by atoms with Gasteiger partial charge in [-0.2, -0.15) is 0 Å². The molecule has 16 heavy (non-hydrogen) atoms. The van der Waals surface area contributed by atoms with E-state index in [1.54, 1.807) is 6.92 Å². The Morgan fingerprint density at radius 1 is 1.31 bits per heavy atom. The van der Waals surface area contributed by atoms with Crippen molar-refractivity contribution in [1.82, 2.24) is 0 Å². The average molecular weight is 264 g/mol. The second-order valence-electron chi connectivity index (χ2n) is 4.85. The van der Waals surface area contributed by atoms with Crippen LogP contribution in [0.3, 0.4) is 0 Å². The first-order valence-corrected chi connectivity index (χ1v) is 8.69. The Balaban J connectivity index is 2.44. The van der Waals surface area contributed by atoms with Gasteiger partial charge in [0, 0.05) is 11.6 Å². The van der Waals surface area contributed by atoms with Crippen LogP contribution < -0.4 is 0 Å². The van der Waals surface area contributed by atoms with E-state index in [1.165, 1.54) is 0 Å². The second-order valence-corrected chi connectivity index (χ2v) is 8.89. The Morgan fingerprint density at radius 3 is 2.19 bits per heavy atom. The van der Waals surface area contributed by atoms with Crippen LogP contribution in [0, 0.1) is 5.92 Å². The van der Waals surface area contributed by atoms with Crippen molar-refractivity contribution in [1.29, 1.82) is 0 Å². The summed E-state index contributed by atoms with van der Waals surface area (Å²) in [5.74, 6) is 0.439. The molecule has 0 aromatic heterocycles. The van der Waals surface area contributed by atoms with Gasteiger partial charge in [-0.3, -0.25) is 9.36 Å². The molecule has 1 fully saturated rings. The van der Waals surface area contributed by atoms with Gasteiger partial charge in [0.1, 0.15) is 5.78 Å². The van der Waals surface area contributed by atoms with Crippen LogP contribution in [-0.2, 0) is 13.9 Å². The molecule has 1 saturated carbocycles. The third kappa shape index (κ3) is 3.90. The molecule has 3 nitrogen and oxygen atoms in total. The number of Topliss-reactive ketones (excluding diaryl/α,β-unsaturated/α-hetero) is 1. The molecular formula is C11H21O3PS. The largest absolute Gasteiger partial charge is 0.318 e. The first-order valence-electron chi connectivity index (χ1n) is 5.84. The van der Waals surface area contributed by atoms with E-state index >= 15 is 0 Å². The second kappa shape index (κ2) is 5.70. The predicted molar refractivity (Wildman–Crippen MR) is 69.2 cm³/mol. The lowest BCUT2D eigenvalue weighted by Crippen LogP contribution is -2.24. The molecule has 0 heterocycles. The normalized spacial score (nSPS) is 30.1. The molecule has 0 saturated heterocycles. The maximum absolute atomic E-state index is 12.0. The molecular weight excluding hydrogens is 243 g/mol. The number of ketones is 1. The van der Waals surface area contributed by atoms with E-state index in [0.29, 0.717) is 0 Å². The maximum Gasteiger partial charge on any atom is 0.257 e.